The highest BCUT2D eigenvalue weighted by Crippen LogP contribution is 2.32. The first-order chi connectivity index (χ1) is 7.35. The highest BCUT2D eigenvalue weighted by atomic mass is 16.2. The Kier molecular flexibility index (Phi) is 1.76. The molecule has 4 amide bonds. The lowest BCUT2D eigenvalue weighted by Crippen LogP contribution is -2.84. The topological polar surface area (TPSA) is 144 Å². The van der Waals surface area contributed by atoms with Crippen molar-refractivity contribution in [3.8, 4) is 0 Å². The first-order valence-electron chi connectivity index (χ1n) is 4.60. The molecule has 2 unspecified atom stereocenters. The van der Waals surface area contributed by atoms with E-state index >= 15 is 0 Å². The zero-order chi connectivity index (χ0) is 12.1. The van der Waals surface area contributed by atoms with Crippen molar-refractivity contribution in [2.24, 2.45) is 11.5 Å². The van der Waals surface area contributed by atoms with Gasteiger partial charge in [-0.25, -0.2) is 0 Å². The summed E-state index contributed by atoms with van der Waals surface area (Å²) in [4.78, 5) is 45.7. The third-order valence-corrected chi connectivity index (χ3v) is 3.15. The van der Waals surface area contributed by atoms with Crippen LogP contribution in [-0.4, -0.2) is 34.7 Å². The summed E-state index contributed by atoms with van der Waals surface area (Å²) in [5.41, 5.74) is 6.67. The number of rotatable bonds is 2. The second kappa shape index (κ2) is 2.71. The Bertz CT molecular complexity index is 394. The molecule has 6 N–H and O–H groups in total. The van der Waals surface area contributed by atoms with Crippen LogP contribution in [0, 0.1) is 0 Å². The average Bonchev–Trinajstić information content (AvgIpc) is 2.19. The van der Waals surface area contributed by atoms with Crippen LogP contribution in [-0.2, 0) is 19.2 Å². The molecule has 3 aliphatic heterocycles. The van der Waals surface area contributed by atoms with Crippen LogP contribution in [0.5, 0.6) is 0 Å². The number of hydrogen-bond acceptors (Lipinski definition) is 4. The van der Waals surface area contributed by atoms with E-state index in [2.05, 4.69) is 10.6 Å². The monoisotopic (exact) mass is 226 g/mol. The van der Waals surface area contributed by atoms with Crippen molar-refractivity contribution in [3.63, 3.8) is 0 Å². The number of piperidine rings is 2. The zero-order valence-electron chi connectivity index (χ0n) is 8.20. The average molecular weight is 226 g/mol. The fourth-order valence-corrected chi connectivity index (χ4v) is 2.03. The van der Waals surface area contributed by atoms with Gasteiger partial charge in [-0.2, -0.15) is 0 Å². The van der Waals surface area contributed by atoms with Crippen LogP contribution in [0.3, 0.4) is 0 Å². The van der Waals surface area contributed by atoms with E-state index in [9.17, 15) is 19.2 Å². The molecule has 0 aromatic rings. The molecule has 2 atom stereocenters. The number of fused-ring (bicyclic) bond motifs is 3. The molecule has 8 nitrogen and oxygen atoms in total. The van der Waals surface area contributed by atoms with Crippen molar-refractivity contribution in [2.75, 3.05) is 0 Å². The minimum absolute atomic E-state index is 0.0250. The summed E-state index contributed by atoms with van der Waals surface area (Å²) in [6.45, 7) is 0. The van der Waals surface area contributed by atoms with Crippen molar-refractivity contribution in [2.45, 2.75) is 23.9 Å². The molecule has 0 aromatic heterocycles. The molecule has 16 heavy (non-hydrogen) atoms. The van der Waals surface area contributed by atoms with Gasteiger partial charge in [-0.15, -0.1) is 0 Å². The third-order valence-electron chi connectivity index (χ3n) is 3.15. The van der Waals surface area contributed by atoms with Gasteiger partial charge in [0.2, 0.25) is 0 Å². The summed E-state index contributed by atoms with van der Waals surface area (Å²) in [7, 11) is 0. The van der Waals surface area contributed by atoms with E-state index in [1.807, 2.05) is 0 Å². The fourth-order valence-electron chi connectivity index (χ4n) is 2.03. The summed E-state index contributed by atoms with van der Waals surface area (Å²) in [6.07, 6.45) is -0.0499. The molecular weight excluding hydrogens is 216 g/mol. The molecule has 86 valence electrons. The van der Waals surface area contributed by atoms with Gasteiger partial charge in [0.05, 0.1) is 0 Å². The summed E-state index contributed by atoms with van der Waals surface area (Å²) in [5, 5.41) is 4.35. The largest absolute Gasteiger partial charge is 0.367 e. The lowest BCUT2D eigenvalue weighted by atomic mass is 9.73. The Hall–Kier alpha value is -2.12. The van der Waals surface area contributed by atoms with E-state index in [0.29, 0.717) is 0 Å². The molecule has 0 saturated carbocycles. The second-order valence-electron chi connectivity index (χ2n) is 3.95. The Labute approximate surface area is 89.7 Å². The highest BCUT2D eigenvalue weighted by Gasteiger charge is 2.64. The molecule has 0 aliphatic carbocycles. The fraction of sp³-hybridized carbons (Fsp3) is 0.500. The third kappa shape index (κ3) is 0.930. The van der Waals surface area contributed by atoms with Gasteiger partial charge < -0.3 is 22.1 Å². The number of carbonyl (C=O) groups excluding carboxylic acids is 4. The highest BCUT2D eigenvalue weighted by molar-refractivity contribution is 6.23. The Balaban J connectivity index is 2.47. The molecular formula is C8H10N4O4. The summed E-state index contributed by atoms with van der Waals surface area (Å²) in [5.74, 6) is -3.47. The van der Waals surface area contributed by atoms with Gasteiger partial charge in [0, 0.05) is 0 Å². The lowest BCUT2D eigenvalue weighted by molar-refractivity contribution is -0.161. The quantitative estimate of drug-likeness (QED) is 0.361. The van der Waals surface area contributed by atoms with Gasteiger partial charge >= 0.3 is 0 Å². The number of amides is 4. The Morgan fingerprint density at radius 2 is 1.25 bits per heavy atom. The molecule has 3 fully saturated rings. The number of primary amides is 2. The maximum Gasteiger partial charge on any atom is 0.256 e. The lowest BCUT2D eigenvalue weighted by Gasteiger charge is -2.48. The van der Waals surface area contributed by atoms with E-state index < -0.39 is 34.7 Å². The van der Waals surface area contributed by atoms with E-state index in [4.69, 9.17) is 11.5 Å². The molecule has 0 radical (unpaired) electrons. The molecule has 0 spiro atoms. The zero-order valence-corrected chi connectivity index (χ0v) is 8.20. The molecule has 2 bridgehead atoms. The van der Waals surface area contributed by atoms with Crippen LogP contribution in [0.2, 0.25) is 0 Å². The van der Waals surface area contributed by atoms with Crippen LogP contribution >= 0.6 is 0 Å². The van der Waals surface area contributed by atoms with Crippen LogP contribution in [0.15, 0.2) is 0 Å². The van der Waals surface area contributed by atoms with Crippen LogP contribution in [0.1, 0.15) is 12.8 Å². The number of nitrogens with one attached hydrogen (secondary N) is 2. The number of carbonyl (C=O) groups is 4. The number of nitrogens with two attached hydrogens (primary N) is 2. The predicted molar refractivity (Wildman–Crippen MR) is 49.4 cm³/mol. The van der Waals surface area contributed by atoms with Gasteiger partial charge in [0.25, 0.3) is 23.6 Å². The van der Waals surface area contributed by atoms with E-state index in [0.717, 1.165) is 0 Å². The van der Waals surface area contributed by atoms with Gasteiger partial charge in [0.15, 0.2) is 11.1 Å². The van der Waals surface area contributed by atoms with Crippen molar-refractivity contribution >= 4 is 23.6 Å². The summed E-state index contributed by atoms with van der Waals surface area (Å²) < 4.78 is 0. The second-order valence-corrected chi connectivity index (χ2v) is 3.95. The molecule has 3 saturated heterocycles. The predicted octanol–water partition coefficient (Wildman–Crippen LogP) is -3.53. The number of hydrogen-bond donors (Lipinski definition) is 4. The minimum Gasteiger partial charge on any atom is -0.367 e. The SMILES string of the molecule is NC(=O)C12CCC(C(N)=O)(NC1=O)C(=O)N2. The molecule has 3 aliphatic rings. The normalized spacial score (nSPS) is 36.5. The maximum absolute atomic E-state index is 11.6. The van der Waals surface area contributed by atoms with E-state index in [1.165, 1.54) is 0 Å². The van der Waals surface area contributed by atoms with Gasteiger partial charge in [-0.05, 0) is 12.8 Å². The van der Waals surface area contributed by atoms with Gasteiger partial charge in [-0.1, -0.05) is 0 Å². The minimum atomic E-state index is -1.74. The smallest absolute Gasteiger partial charge is 0.256 e. The molecule has 3 rings (SSSR count). The van der Waals surface area contributed by atoms with Crippen LogP contribution in [0.25, 0.3) is 0 Å². The first-order valence-corrected chi connectivity index (χ1v) is 4.60. The van der Waals surface area contributed by atoms with Crippen molar-refractivity contribution in [3.05, 3.63) is 0 Å². The first kappa shape index (κ1) is 10.4. The summed E-state index contributed by atoms with van der Waals surface area (Å²) in [6, 6.07) is 0. The Morgan fingerprint density at radius 1 is 0.938 bits per heavy atom. The maximum atomic E-state index is 11.6. The van der Waals surface area contributed by atoms with Gasteiger partial charge in [0.1, 0.15) is 0 Å². The van der Waals surface area contributed by atoms with Crippen molar-refractivity contribution in [1.82, 2.24) is 10.6 Å². The van der Waals surface area contributed by atoms with Crippen LogP contribution in [0.4, 0.5) is 0 Å². The molecule has 8 heteroatoms. The van der Waals surface area contributed by atoms with Crippen molar-refractivity contribution in [1.29, 1.82) is 0 Å². The van der Waals surface area contributed by atoms with E-state index in [-0.39, 0.29) is 12.8 Å². The standard InChI is InChI=1S/C8H10N4O4/c9-3(13)7-1-2-8(4(10)14,6(16)11-7)12-5(7)15/h1-2H2,(H2,9,13)(H2,10,14)(H,11,16)(H,12,15). The van der Waals surface area contributed by atoms with Gasteiger partial charge in [-0.3, -0.25) is 19.2 Å². The number of piperazine rings is 1. The van der Waals surface area contributed by atoms with Crippen LogP contribution < -0.4 is 22.1 Å². The molecule has 0 aromatic carbocycles. The summed E-state index contributed by atoms with van der Waals surface area (Å²) >= 11 is 0. The Morgan fingerprint density at radius 3 is 1.44 bits per heavy atom. The van der Waals surface area contributed by atoms with E-state index in [1.54, 1.807) is 0 Å². The van der Waals surface area contributed by atoms with Crippen molar-refractivity contribution < 1.29 is 19.2 Å². The molecule has 3 heterocycles.